The highest BCUT2D eigenvalue weighted by atomic mass is 16.2. The van der Waals surface area contributed by atoms with E-state index in [1.54, 1.807) is 0 Å². The molecule has 118 valence electrons. The molecule has 1 fully saturated rings. The predicted molar refractivity (Wildman–Crippen MR) is 86.0 cm³/mol. The third-order valence-electron chi connectivity index (χ3n) is 4.55. The van der Waals surface area contributed by atoms with Crippen molar-refractivity contribution >= 4 is 17.8 Å². The van der Waals surface area contributed by atoms with E-state index in [0.717, 1.165) is 12.0 Å². The summed E-state index contributed by atoms with van der Waals surface area (Å²) < 4.78 is 0. The first-order chi connectivity index (χ1) is 10.5. The number of guanidine groups is 1. The van der Waals surface area contributed by atoms with Gasteiger partial charge in [0.05, 0.1) is 6.54 Å². The van der Waals surface area contributed by atoms with E-state index in [-0.39, 0.29) is 23.7 Å². The number of nitrogens with zero attached hydrogens (tertiary/aromatic N) is 1. The van der Waals surface area contributed by atoms with Gasteiger partial charge in [0, 0.05) is 0 Å². The Bertz CT molecular complexity index is 561. The lowest BCUT2D eigenvalue weighted by Crippen LogP contribution is -2.64. The number of hydrogen-bond acceptors (Lipinski definition) is 3. The summed E-state index contributed by atoms with van der Waals surface area (Å²) in [5.41, 5.74) is 0.0216. The van der Waals surface area contributed by atoms with E-state index in [1.807, 2.05) is 51.1 Å². The maximum atomic E-state index is 12.5. The van der Waals surface area contributed by atoms with Gasteiger partial charge in [0.2, 0.25) is 17.8 Å². The summed E-state index contributed by atoms with van der Waals surface area (Å²) in [4.78, 5) is 29.3. The van der Waals surface area contributed by atoms with Gasteiger partial charge < -0.3 is 0 Å². The molecule has 1 aromatic carbocycles. The van der Waals surface area contributed by atoms with Crippen molar-refractivity contribution in [2.45, 2.75) is 40.2 Å². The summed E-state index contributed by atoms with van der Waals surface area (Å²) in [6.07, 6.45) is 1.25. The molecule has 1 aliphatic rings. The van der Waals surface area contributed by atoms with Crippen LogP contribution in [-0.2, 0) is 16.1 Å². The van der Waals surface area contributed by atoms with E-state index in [9.17, 15) is 9.59 Å². The smallest absolute Gasteiger partial charge is 0.242 e. The van der Waals surface area contributed by atoms with Gasteiger partial charge in [-0.3, -0.25) is 20.2 Å². The minimum Gasteiger partial charge on any atom is -0.295 e. The lowest BCUT2D eigenvalue weighted by molar-refractivity contribution is -0.147. The van der Waals surface area contributed by atoms with Crippen LogP contribution in [-0.4, -0.2) is 17.8 Å². The second kappa shape index (κ2) is 6.73. The Labute approximate surface area is 131 Å². The Balaban J connectivity index is 2.16. The van der Waals surface area contributed by atoms with Crippen molar-refractivity contribution in [3.8, 4) is 0 Å². The van der Waals surface area contributed by atoms with Crippen molar-refractivity contribution in [2.24, 2.45) is 16.3 Å². The molecule has 2 amide bonds. The van der Waals surface area contributed by atoms with Gasteiger partial charge in [0.25, 0.3) is 0 Å². The standard InChI is InChI=1S/C17H23N3O2/c1-4-12(3)17(5-2)14(21)19-16(20-15(17)22)18-11-13-9-7-6-8-10-13/h6-10,12H,4-5,11H2,1-3H3,(H2,18,19,20,21,22). The summed E-state index contributed by atoms with van der Waals surface area (Å²) in [6.45, 7) is 6.22. The molecular weight excluding hydrogens is 278 g/mol. The zero-order chi connectivity index (χ0) is 16.2. The molecule has 2 N–H and O–H groups in total. The molecule has 1 aromatic rings. The van der Waals surface area contributed by atoms with E-state index < -0.39 is 5.41 Å². The molecule has 1 heterocycles. The second-order valence-corrected chi connectivity index (χ2v) is 5.69. The fraction of sp³-hybridized carbons (Fsp3) is 0.471. The van der Waals surface area contributed by atoms with Gasteiger partial charge in [-0.2, -0.15) is 0 Å². The van der Waals surface area contributed by atoms with E-state index in [4.69, 9.17) is 0 Å². The summed E-state index contributed by atoms with van der Waals surface area (Å²) in [5.74, 6) is -0.278. The van der Waals surface area contributed by atoms with E-state index in [2.05, 4.69) is 15.6 Å². The Morgan fingerprint density at radius 1 is 1.09 bits per heavy atom. The van der Waals surface area contributed by atoms with Crippen LogP contribution in [0.4, 0.5) is 0 Å². The van der Waals surface area contributed by atoms with Crippen molar-refractivity contribution in [3.05, 3.63) is 35.9 Å². The van der Waals surface area contributed by atoms with E-state index in [0.29, 0.717) is 13.0 Å². The topological polar surface area (TPSA) is 70.6 Å². The fourth-order valence-corrected chi connectivity index (χ4v) is 2.87. The van der Waals surface area contributed by atoms with Crippen molar-refractivity contribution in [3.63, 3.8) is 0 Å². The Hall–Kier alpha value is -2.17. The highest BCUT2D eigenvalue weighted by molar-refractivity contribution is 6.20. The van der Waals surface area contributed by atoms with Crippen LogP contribution in [0.25, 0.3) is 0 Å². The molecule has 0 aliphatic carbocycles. The molecule has 1 aliphatic heterocycles. The lowest BCUT2D eigenvalue weighted by atomic mass is 9.70. The summed E-state index contributed by atoms with van der Waals surface area (Å²) >= 11 is 0. The van der Waals surface area contributed by atoms with Crippen LogP contribution in [0.15, 0.2) is 35.3 Å². The minimum atomic E-state index is -0.999. The molecule has 5 heteroatoms. The normalized spacial score (nSPS) is 22.8. The molecule has 5 nitrogen and oxygen atoms in total. The Morgan fingerprint density at radius 3 is 2.18 bits per heavy atom. The summed E-state index contributed by atoms with van der Waals surface area (Å²) in [5, 5.41) is 5.51. The molecule has 0 aromatic heterocycles. The molecule has 1 saturated heterocycles. The highest BCUT2D eigenvalue weighted by Crippen LogP contribution is 2.35. The Kier molecular flexibility index (Phi) is 4.96. The number of amides is 2. The molecule has 0 bridgehead atoms. The average Bonchev–Trinajstić information content (AvgIpc) is 2.54. The van der Waals surface area contributed by atoms with Crippen LogP contribution in [0, 0.1) is 11.3 Å². The zero-order valence-electron chi connectivity index (χ0n) is 13.3. The number of hydrogen-bond donors (Lipinski definition) is 2. The van der Waals surface area contributed by atoms with Crippen LogP contribution < -0.4 is 10.6 Å². The number of rotatable bonds is 5. The van der Waals surface area contributed by atoms with Gasteiger partial charge in [-0.05, 0) is 17.9 Å². The quantitative estimate of drug-likeness (QED) is 0.819. The van der Waals surface area contributed by atoms with Gasteiger partial charge in [-0.25, -0.2) is 4.99 Å². The third-order valence-corrected chi connectivity index (χ3v) is 4.55. The summed E-state index contributed by atoms with van der Waals surface area (Å²) in [7, 11) is 0. The molecule has 1 atom stereocenters. The minimum absolute atomic E-state index is 0.0202. The third kappa shape index (κ3) is 2.89. The second-order valence-electron chi connectivity index (χ2n) is 5.69. The van der Waals surface area contributed by atoms with Crippen LogP contribution in [0.1, 0.15) is 39.2 Å². The van der Waals surface area contributed by atoms with E-state index >= 15 is 0 Å². The number of benzene rings is 1. The van der Waals surface area contributed by atoms with Gasteiger partial charge in [-0.15, -0.1) is 0 Å². The van der Waals surface area contributed by atoms with Crippen LogP contribution in [0.5, 0.6) is 0 Å². The first-order valence-electron chi connectivity index (χ1n) is 7.75. The number of aliphatic imine (C=N–C) groups is 1. The molecular formula is C17H23N3O2. The number of carbonyl (C=O) groups is 2. The van der Waals surface area contributed by atoms with Gasteiger partial charge in [0.15, 0.2) is 0 Å². The van der Waals surface area contributed by atoms with Crippen LogP contribution in [0.2, 0.25) is 0 Å². The molecule has 0 saturated carbocycles. The fourth-order valence-electron chi connectivity index (χ4n) is 2.87. The Morgan fingerprint density at radius 2 is 1.68 bits per heavy atom. The molecule has 1 unspecified atom stereocenters. The average molecular weight is 301 g/mol. The molecule has 22 heavy (non-hydrogen) atoms. The maximum Gasteiger partial charge on any atom is 0.242 e. The first-order valence-corrected chi connectivity index (χ1v) is 7.75. The molecule has 0 spiro atoms. The predicted octanol–water partition coefficient (Wildman–Crippen LogP) is 2.23. The van der Waals surface area contributed by atoms with Crippen molar-refractivity contribution in [2.75, 3.05) is 0 Å². The zero-order valence-corrected chi connectivity index (χ0v) is 13.3. The largest absolute Gasteiger partial charge is 0.295 e. The highest BCUT2D eigenvalue weighted by Gasteiger charge is 2.51. The SMILES string of the molecule is CCC(C)C1(CC)C(=O)NC(=NCc2ccccc2)NC1=O. The van der Waals surface area contributed by atoms with Gasteiger partial charge in [0.1, 0.15) is 5.41 Å². The molecule has 2 rings (SSSR count). The van der Waals surface area contributed by atoms with Crippen LogP contribution in [0.3, 0.4) is 0 Å². The monoisotopic (exact) mass is 301 g/mol. The first kappa shape index (κ1) is 16.2. The van der Waals surface area contributed by atoms with Crippen LogP contribution >= 0.6 is 0 Å². The van der Waals surface area contributed by atoms with Crippen molar-refractivity contribution in [1.29, 1.82) is 0 Å². The lowest BCUT2D eigenvalue weighted by Gasteiger charge is -2.38. The van der Waals surface area contributed by atoms with Gasteiger partial charge in [-0.1, -0.05) is 57.5 Å². The van der Waals surface area contributed by atoms with Crippen molar-refractivity contribution in [1.82, 2.24) is 10.6 Å². The maximum absolute atomic E-state index is 12.5. The van der Waals surface area contributed by atoms with Crippen molar-refractivity contribution < 1.29 is 9.59 Å². The van der Waals surface area contributed by atoms with Gasteiger partial charge >= 0.3 is 0 Å². The number of nitrogens with one attached hydrogen (secondary N) is 2. The molecule has 0 radical (unpaired) electrons. The number of carbonyl (C=O) groups excluding carboxylic acids is 2. The summed E-state index contributed by atoms with van der Waals surface area (Å²) in [6, 6.07) is 9.69. The van der Waals surface area contributed by atoms with E-state index in [1.165, 1.54) is 0 Å².